The first-order valence-electron chi connectivity index (χ1n) is 8.66. The zero-order valence-corrected chi connectivity index (χ0v) is 15.4. The van der Waals surface area contributed by atoms with Crippen LogP contribution >= 0.6 is 11.6 Å². The molecule has 1 N–H and O–H groups in total. The Morgan fingerprint density at radius 2 is 1.33 bits per heavy atom. The fourth-order valence-corrected chi connectivity index (χ4v) is 3.27. The quantitative estimate of drug-likeness (QED) is 0.666. The lowest BCUT2D eigenvalue weighted by Crippen LogP contribution is -2.44. The van der Waals surface area contributed by atoms with Gasteiger partial charge in [0.05, 0.1) is 6.10 Å². The highest BCUT2D eigenvalue weighted by molar-refractivity contribution is 6.18. The second-order valence-corrected chi connectivity index (χ2v) is 7.10. The molecule has 0 bridgehead atoms. The van der Waals surface area contributed by atoms with E-state index in [2.05, 4.69) is 67.3 Å². The van der Waals surface area contributed by atoms with Crippen molar-refractivity contribution >= 4 is 11.6 Å². The van der Waals surface area contributed by atoms with E-state index in [1.807, 2.05) is 12.1 Å². The Morgan fingerprint density at radius 3 is 1.71 bits per heavy atom. The largest absolute Gasteiger partial charge is 0.390 e. The van der Waals surface area contributed by atoms with Gasteiger partial charge in [0, 0.05) is 25.0 Å². The van der Waals surface area contributed by atoms with Gasteiger partial charge < -0.3 is 5.11 Å². The van der Waals surface area contributed by atoms with Crippen molar-refractivity contribution in [1.29, 1.82) is 0 Å². The van der Waals surface area contributed by atoms with Crippen molar-refractivity contribution in [2.45, 2.75) is 45.5 Å². The lowest BCUT2D eigenvalue weighted by atomic mass is 9.97. The van der Waals surface area contributed by atoms with Gasteiger partial charge in [-0.05, 0) is 23.5 Å². The second-order valence-electron chi connectivity index (χ2n) is 6.79. The average molecular weight is 346 g/mol. The normalized spacial score (nSPS) is 14.1. The second kappa shape index (κ2) is 9.83. The van der Waals surface area contributed by atoms with E-state index in [1.54, 1.807) is 0 Å². The predicted octanol–water partition coefficient (Wildman–Crippen LogP) is 4.70. The molecule has 0 heterocycles. The first-order valence-corrected chi connectivity index (χ1v) is 9.19. The minimum absolute atomic E-state index is 0.0444. The summed E-state index contributed by atoms with van der Waals surface area (Å²) in [6, 6.07) is 20.9. The van der Waals surface area contributed by atoms with Crippen molar-refractivity contribution in [3.05, 3.63) is 71.8 Å². The minimum Gasteiger partial charge on any atom is -0.390 e. The highest BCUT2D eigenvalue weighted by atomic mass is 35.5. The van der Waals surface area contributed by atoms with Crippen LogP contribution in [0.4, 0.5) is 0 Å². The van der Waals surface area contributed by atoms with Gasteiger partial charge in [-0.15, -0.1) is 11.6 Å². The van der Waals surface area contributed by atoms with Gasteiger partial charge in [-0.3, -0.25) is 4.90 Å². The molecule has 0 radical (unpaired) electrons. The molecule has 0 aliphatic rings. The van der Waals surface area contributed by atoms with E-state index in [1.165, 1.54) is 11.1 Å². The first-order chi connectivity index (χ1) is 11.6. The molecule has 24 heavy (non-hydrogen) atoms. The number of benzene rings is 2. The molecular weight excluding hydrogens is 318 g/mol. The van der Waals surface area contributed by atoms with E-state index < -0.39 is 6.10 Å². The minimum atomic E-state index is -0.526. The van der Waals surface area contributed by atoms with E-state index in [4.69, 9.17) is 11.6 Å². The van der Waals surface area contributed by atoms with Crippen molar-refractivity contribution in [2.75, 3.05) is 5.88 Å². The number of hydrogen-bond donors (Lipinski definition) is 1. The Labute approximate surface area is 151 Å². The summed E-state index contributed by atoms with van der Waals surface area (Å²) < 4.78 is 0. The summed E-state index contributed by atoms with van der Waals surface area (Å²) in [4.78, 5) is 2.36. The van der Waals surface area contributed by atoms with Crippen LogP contribution in [0, 0.1) is 5.92 Å². The SMILES string of the molecule is CC(C)C[C@@H]([C@H](O)CCl)N(Cc1ccccc1)Cc1ccccc1. The van der Waals surface area contributed by atoms with Crippen LogP contribution in [0.3, 0.4) is 0 Å². The fourth-order valence-electron chi connectivity index (χ4n) is 3.06. The van der Waals surface area contributed by atoms with Crippen LogP contribution in [-0.4, -0.2) is 28.0 Å². The van der Waals surface area contributed by atoms with Crippen LogP contribution in [0.15, 0.2) is 60.7 Å². The van der Waals surface area contributed by atoms with E-state index in [0.717, 1.165) is 19.5 Å². The number of halogens is 1. The highest BCUT2D eigenvalue weighted by Crippen LogP contribution is 2.21. The van der Waals surface area contributed by atoms with Crippen LogP contribution in [0.5, 0.6) is 0 Å². The van der Waals surface area contributed by atoms with Crippen molar-refractivity contribution in [3.63, 3.8) is 0 Å². The molecule has 130 valence electrons. The molecule has 0 saturated carbocycles. The molecule has 2 atom stereocenters. The first kappa shape index (κ1) is 19.0. The molecule has 2 aromatic rings. The summed E-state index contributed by atoms with van der Waals surface area (Å²) in [6.07, 6.45) is 0.398. The van der Waals surface area contributed by atoms with Gasteiger partial charge in [0.25, 0.3) is 0 Å². The van der Waals surface area contributed by atoms with Crippen molar-refractivity contribution in [2.24, 2.45) is 5.92 Å². The lowest BCUT2D eigenvalue weighted by molar-refractivity contribution is 0.0405. The van der Waals surface area contributed by atoms with Gasteiger partial charge in [0.15, 0.2) is 0 Å². The Balaban J connectivity index is 2.24. The topological polar surface area (TPSA) is 23.5 Å². The summed E-state index contributed by atoms with van der Waals surface area (Å²) in [7, 11) is 0. The molecule has 3 heteroatoms. The summed E-state index contributed by atoms with van der Waals surface area (Å²) in [5.74, 6) is 0.763. The van der Waals surface area contributed by atoms with Crippen molar-refractivity contribution in [3.8, 4) is 0 Å². The third-order valence-corrected chi connectivity index (χ3v) is 4.56. The van der Waals surface area contributed by atoms with Crippen LogP contribution in [0.1, 0.15) is 31.4 Å². The van der Waals surface area contributed by atoms with E-state index in [9.17, 15) is 5.11 Å². The summed E-state index contributed by atoms with van der Waals surface area (Å²) in [5.41, 5.74) is 2.51. The molecule has 0 amide bonds. The van der Waals surface area contributed by atoms with Gasteiger partial charge in [-0.2, -0.15) is 0 Å². The maximum absolute atomic E-state index is 10.5. The molecule has 0 unspecified atom stereocenters. The standard InChI is InChI=1S/C21H28ClNO/c1-17(2)13-20(21(24)14-22)23(15-18-9-5-3-6-10-18)16-19-11-7-4-8-12-19/h3-12,17,20-21,24H,13-16H2,1-2H3/t20-,21+/m0/s1. The summed E-state index contributed by atoms with van der Waals surface area (Å²) in [6.45, 7) is 6.00. The lowest BCUT2D eigenvalue weighted by Gasteiger charge is -2.35. The number of alkyl halides is 1. The summed E-state index contributed by atoms with van der Waals surface area (Å²) >= 11 is 6.00. The van der Waals surface area contributed by atoms with Crippen LogP contribution in [0.2, 0.25) is 0 Å². The molecule has 0 aliphatic heterocycles. The highest BCUT2D eigenvalue weighted by Gasteiger charge is 2.26. The van der Waals surface area contributed by atoms with Gasteiger partial charge >= 0.3 is 0 Å². The van der Waals surface area contributed by atoms with E-state index in [0.29, 0.717) is 5.92 Å². The molecule has 0 spiro atoms. The van der Waals surface area contributed by atoms with Crippen molar-refractivity contribution in [1.82, 2.24) is 4.90 Å². The third kappa shape index (κ3) is 5.94. The monoisotopic (exact) mass is 345 g/mol. The zero-order valence-electron chi connectivity index (χ0n) is 14.6. The molecule has 2 aromatic carbocycles. The van der Waals surface area contributed by atoms with Gasteiger partial charge in [-0.1, -0.05) is 74.5 Å². The van der Waals surface area contributed by atoms with Gasteiger partial charge in [0.1, 0.15) is 0 Å². The number of hydrogen-bond acceptors (Lipinski definition) is 2. The molecular formula is C21H28ClNO. The van der Waals surface area contributed by atoms with Crippen LogP contribution < -0.4 is 0 Å². The number of aliphatic hydroxyl groups excluding tert-OH is 1. The smallest absolute Gasteiger partial charge is 0.0830 e. The molecule has 0 fully saturated rings. The molecule has 0 aromatic heterocycles. The Bertz CT molecular complexity index is 531. The van der Waals surface area contributed by atoms with E-state index >= 15 is 0 Å². The number of rotatable bonds is 9. The molecule has 0 aliphatic carbocycles. The molecule has 0 saturated heterocycles. The zero-order chi connectivity index (χ0) is 17.4. The average Bonchev–Trinajstić information content (AvgIpc) is 2.60. The Hall–Kier alpha value is -1.35. The van der Waals surface area contributed by atoms with Gasteiger partial charge in [0.2, 0.25) is 0 Å². The summed E-state index contributed by atoms with van der Waals surface area (Å²) in [5, 5.41) is 10.5. The van der Waals surface area contributed by atoms with Crippen LogP contribution in [0.25, 0.3) is 0 Å². The maximum atomic E-state index is 10.5. The molecule has 2 rings (SSSR count). The Kier molecular flexibility index (Phi) is 7.77. The third-order valence-electron chi connectivity index (χ3n) is 4.24. The fraction of sp³-hybridized carbons (Fsp3) is 0.429. The maximum Gasteiger partial charge on any atom is 0.0830 e. The number of nitrogens with zero attached hydrogens (tertiary/aromatic N) is 1. The molecule has 2 nitrogen and oxygen atoms in total. The van der Waals surface area contributed by atoms with E-state index in [-0.39, 0.29) is 11.9 Å². The van der Waals surface area contributed by atoms with Gasteiger partial charge in [-0.25, -0.2) is 0 Å². The predicted molar refractivity (Wildman–Crippen MR) is 102 cm³/mol. The Morgan fingerprint density at radius 1 is 0.875 bits per heavy atom. The van der Waals surface area contributed by atoms with Crippen LogP contribution in [-0.2, 0) is 13.1 Å². The number of aliphatic hydroxyl groups is 1. The van der Waals surface area contributed by atoms with Crippen molar-refractivity contribution < 1.29 is 5.11 Å².